The summed E-state index contributed by atoms with van der Waals surface area (Å²) < 4.78 is 0.988. The predicted octanol–water partition coefficient (Wildman–Crippen LogP) is 4.33. The van der Waals surface area contributed by atoms with Gasteiger partial charge in [-0.1, -0.05) is 23.8 Å². The zero-order valence-electron chi connectivity index (χ0n) is 11.4. The van der Waals surface area contributed by atoms with Crippen molar-refractivity contribution in [2.75, 3.05) is 11.9 Å². The highest BCUT2D eigenvalue weighted by atomic mass is 79.9. The second-order valence-electron chi connectivity index (χ2n) is 4.79. The van der Waals surface area contributed by atoms with E-state index in [0.717, 1.165) is 15.7 Å². The third-order valence-electron chi connectivity index (χ3n) is 3.27. The molecule has 2 rings (SSSR count). The molecule has 0 fully saturated rings. The van der Waals surface area contributed by atoms with Crippen LogP contribution in [0.3, 0.4) is 0 Å². The Labute approximate surface area is 122 Å². The van der Waals surface area contributed by atoms with Gasteiger partial charge in [0.25, 0.3) is 0 Å². The van der Waals surface area contributed by atoms with E-state index in [2.05, 4.69) is 59.9 Å². The Morgan fingerprint density at radius 2 is 1.74 bits per heavy atom. The van der Waals surface area contributed by atoms with Gasteiger partial charge < -0.3 is 10.0 Å². The number of benzene rings is 2. The molecular formula is C16H18BrNO. The molecule has 0 atom stereocenters. The number of nitrogens with zero attached hydrogens (tertiary/aromatic N) is 1. The summed E-state index contributed by atoms with van der Waals surface area (Å²) in [6.07, 6.45) is 0. The summed E-state index contributed by atoms with van der Waals surface area (Å²) in [5.41, 5.74) is 5.70. The Bertz CT molecular complexity index is 595. The van der Waals surface area contributed by atoms with Crippen LogP contribution in [-0.4, -0.2) is 12.2 Å². The van der Waals surface area contributed by atoms with Gasteiger partial charge in [0.2, 0.25) is 0 Å². The first kappa shape index (κ1) is 14.1. The van der Waals surface area contributed by atoms with Crippen LogP contribution in [0.15, 0.2) is 40.9 Å². The van der Waals surface area contributed by atoms with E-state index in [4.69, 9.17) is 5.11 Å². The fourth-order valence-corrected chi connectivity index (χ4v) is 2.92. The minimum atomic E-state index is 0.0617. The molecule has 3 heteroatoms. The van der Waals surface area contributed by atoms with Crippen LogP contribution in [-0.2, 0) is 6.61 Å². The number of aliphatic hydroxyl groups is 1. The molecule has 2 aromatic rings. The topological polar surface area (TPSA) is 23.5 Å². The maximum absolute atomic E-state index is 9.15. The first-order chi connectivity index (χ1) is 9.02. The van der Waals surface area contributed by atoms with Crippen molar-refractivity contribution in [2.24, 2.45) is 0 Å². The molecule has 0 aromatic heterocycles. The Morgan fingerprint density at radius 3 is 2.32 bits per heavy atom. The monoisotopic (exact) mass is 319 g/mol. The van der Waals surface area contributed by atoms with E-state index in [0.29, 0.717) is 0 Å². The summed E-state index contributed by atoms with van der Waals surface area (Å²) in [4.78, 5) is 2.15. The van der Waals surface area contributed by atoms with Crippen molar-refractivity contribution in [1.29, 1.82) is 0 Å². The standard InChI is InChI=1S/C16H18BrNO/c1-11-4-6-15(12(2)8-11)18(3)16-7-5-13(10-19)9-14(16)17/h4-9,19H,10H2,1-3H3. The minimum absolute atomic E-state index is 0.0617. The zero-order valence-corrected chi connectivity index (χ0v) is 13.0. The van der Waals surface area contributed by atoms with Crippen molar-refractivity contribution in [1.82, 2.24) is 0 Å². The first-order valence-corrected chi connectivity index (χ1v) is 7.02. The van der Waals surface area contributed by atoms with E-state index in [9.17, 15) is 0 Å². The fraction of sp³-hybridized carbons (Fsp3) is 0.250. The summed E-state index contributed by atoms with van der Waals surface area (Å²) in [5, 5.41) is 9.15. The molecule has 2 nitrogen and oxygen atoms in total. The van der Waals surface area contributed by atoms with Gasteiger partial charge in [0.05, 0.1) is 12.3 Å². The van der Waals surface area contributed by atoms with E-state index in [-0.39, 0.29) is 6.61 Å². The third-order valence-corrected chi connectivity index (χ3v) is 3.90. The average molecular weight is 320 g/mol. The molecule has 0 bridgehead atoms. The molecule has 0 saturated carbocycles. The number of hydrogen-bond acceptors (Lipinski definition) is 2. The first-order valence-electron chi connectivity index (χ1n) is 6.23. The molecule has 0 spiro atoms. The fourth-order valence-electron chi connectivity index (χ4n) is 2.23. The van der Waals surface area contributed by atoms with Crippen molar-refractivity contribution in [3.8, 4) is 0 Å². The van der Waals surface area contributed by atoms with Crippen LogP contribution in [0.4, 0.5) is 11.4 Å². The van der Waals surface area contributed by atoms with Crippen LogP contribution in [0.2, 0.25) is 0 Å². The van der Waals surface area contributed by atoms with Gasteiger partial charge in [-0.05, 0) is 59.1 Å². The molecule has 0 saturated heterocycles. The SMILES string of the molecule is Cc1ccc(N(C)c2ccc(CO)cc2Br)c(C)c1. The molecule has 19 heavy (non-hydrogen) atoms. The zero-order chi connectivity index (χ0) is 14.0. The second-order valence-corrected chi connectivity index (χ2v) is 5.65. The Kier molecular flexibility index (Phi) is 4.27. The maximum atomic E-state index is 9.15. The van der Waals surface area contributed by atoms with Gasteiger partial charge in [-0.3, -0.25) is 0 Å². The van der Waals surface area contributed by atoms with E-state index < -0.39 is 0 Å². The Hall–Kier alpha value is -1.32. The van der Waals surface area contributed by atoms with Gasteiger partial charge in [0.1, 0.15) is 0 Å². The van der Waals surface area contributed by atoms with Crippen molar-refractivity contribution in [3.63, 3.8) is 0 Å². The lowest BCUT2D eigenvalue weighted by molar-refractivity contribution is 0.282. The summed E-state index contributed by atoms with van der Waals surface area (Å²) in [6.45, 7) is 4.28. The maximum Gasteiger partial charge on any atom is 0.0682 e. The lowest BCUT2D eigenvalue weighted by atomic mass is 10.1. The predicted molar refractivity (Wildman–Crippen MR) is 84.0 cm³/mol. The lowest BCUT2D eigenvalue weighted by Gasteiger charge is -2.23. The van der Waals surface area contributed by atoms with Crippen molar-refractivity contribution >= 4 is 27.3 Å². The molecule has 0 aliphatic rings. The lowest BCUT2D eigenvalue weighted by Crippen LogP contribution is -2.11. The van der Waals surface area contributed by atoms with Crippen LogP contribution in [0, 0.1) is 13.8 Å². The normalized spacial score (nSPS) is 10.6. The number of halogens is 1. The van der Waals surface area contributed by atoms with E-state index in [1.165, 1.54) is 16.8 Å². The smallest absolute Gasteiger partial charge is 0.0682 e. The molecule has 0 radical (unpaired) electrons. The summed E-state index contributed by atoms with van der Waals surface area (Å²) >= 11 is 3.57. The van der Waals surface area contributed by atoms with Gasteiger partial charge >= 0.3 is 0 Å². The molecule has 0 amide bonds. The summed E-state index contributed by atoms with van der Waals surface area (Å²) in [7, 11) is 2.05. The number of anilines is 2. The van der Waals surface area contributed by atoms with Gasteiger partial charge in [0.15, 0.2) is 0 Å². The number of hydrogen-bond donors (Lipinski definition) is 1. The van der Waals surface area contributed by atoms with E-state index in [1.54, 1.807) is 0 Å². The number of aliphatic hydroxyl groups excluding tert-OH is 1. The van der Waals surface area contributed by atoms with Crippen LogP contribution in [0.1, 0.15) is 16.7 Å². The molecule has 0 heterocycles. The molecule has 0 unspecified atom stereocenters. The molecule has 2 aromatic carbocycles. The number of rotatable bonds is 3. The van der Waals surface area contributed by atoms with Crippen molar-refractivity contribution in [3.05, 3.63) is 57.6 Å². The summed E-state index contributed by atoms with van der Waals surface area (Å²) in [5.74, 6) is 0. The highest BCUT2D eigenvalue weighted by Gasteiger charge is 2.10. The van der Waals surface area contributed by atoms with E-state index >= 15 is 0 Å². The molecule has 100 valence electrons. The minimum Gasteiger partial charge on any atom is -0.392 e. The molecule has 0 aliphatic heterocycles. The van der Waals surface area contributed by atoms with Crippen LogP contribution in [0.5, 0.6) is 0 Å². The molecule has 1 N–H and O–H groups in total. The van der Waals surface area contributed by atoms with Crippen molar-refractivity contribution in [2.45, 2.75) is 20.5 Å². The van der Waals surface area contributed by atoms with Crippen molar-refractivity contribution < 1.29 is 5.11 Å². The number of aryl methyl sites for hydroxylation is 2. The highest BCUT2D eigenvalue weighted by Crippen LogP contribution is 2.33. The second kappa shape index (κ2) is 5.76. The van der Waals surface area contributed by atoms with Crippen LogP contribution in [0.25, 0.3) is 0 Å². The Morgan fingerprint density at radius 1 is 1.05 bits per heavy atom. The largest absolute Gasteiger partial charge is 0.392 e. The average Bonchev–Trinajstić information content (AvgIpc) is 2.37. The quantitative estimate of drug-likeness (QED) is 0.910. The van der Waals surface area contributed by atoms with Crippen LogP contribution < -0.4 is 4.90 Å². The van der Waals surface area contributed by atoms with Crippen LogP contribution >= 0.6 is 15.9 Å². The summed E-state index contributed by atoms with van der Waals surface area (Å²) in [6, 6.07) is 12.4. The molecule has 0 aliphatic carbocycles. The third kappa shape index (κ3) is 2.99. The van der Waals surface area contributed by atoms with Gasteiger partial charge in [0, 0.05) is 17.2 Å². The van der Waals surface area contributed by atoms with Gasteiger partial charge in [-0.25, -0.2) is 0 Å². The van der Waals surface area contributed by atoms with E-state index in [1.807, 2.05) is 18.2 Å². The molecular weight excluding hydrogens is 302 g/mol. The van der Waals surface area contributed by atoms with Gasteiger partial charge in [-0.2, -0.15) is 0 Å². The Balaban J connectivity index is 2.41. The van der Waals surface area contributed by atoms with Gasteiger partial charge in [-0.15, -0.1) is 0 Å². The highest BCUT2D eigenvalue weighted by molar-refractivity contribution is 9.10.